The van der Waals surface area contributed by atoms with Gasteiger partial charge in [0, 0.05) is 34.1 Å². The zero-order valence-electron chi connectivity index (χ0n) is 41.7. The Morgan fingerprint density at radius 2 is 0.560 bits per heavy atom. The highest BCUT2D eigenvalue weighted by atomic mass is 15.1. The van der Waals surface area contributed by atoms with Gasteiger partial charge in [-0.1, -0.05) is 231 Å². The maximum atomic E-state index is 2.39. The third kappa shape index (κ3) is 8.47. The maximum absolute atomic E-state index is 2.39. The van der Waals surface area contributed by atoms with E-state index in [0.29, 0.717) is 0 Å². The van der Waals surface area contributed by atoms with Gasteiger partial charge in [-0.15, -0.1) is 0 Å². The lowest BCUT2D eigenvalue weighted by atomic mass is 9.67. The van der Waals surface area contributed by atoms with E-state index in [1.165, 1.54) is 77.9 Å². The molecule has 0 saturated carbocycles. The number of hydrogen-bond donors (Lipinski definition) is 0. The van der Waals surface area contributed by atoms with Crippen LogP contribution in [-0.4, -0.2) is 0 Å². The van der Waals surface area contributed by atoms with Gasteiger partial charge in [-0.3, -0.25) is 0 Å². The highest BCUT2D eigenvalue weighted by Gasteiger charge is 2.46. The average Bonchev–Trinajstić information content (AvgIpc) is 3.88. The van der Waals surface area contributed by atoms with Gasteiger partial charge in [-0.25, -0.2) is 0 Å². The Morgan fingerprint density at radius 1 is 0.267 bits per heavy atom. The van der Waals surface area contributed by atoms with E-state index in [-0.39, 0.29) is 0 Å². The third-order valence-corrected chi connectivity index (χ3v) is 15.3. The summed E-state index contributed by atoms with van der Waals surface area (Å²) in [6.45, 7) is 0. The lowest BCUT2D eigenvalue weighted by Gasteiger charge is -2.35. The van der Waals surface area contributed by atoms with Crippen molar-refractivity contribution < 1.29 is 0 Å². The molecule has 0 amide bonds. The normalized spacial score (nSPS) is 13.1. The molecule has 0 heterocycles. The van der Waals surface area contributed by atoms with Crippen molar-refractivity contribution in [2.45, 2.75) is 18.3 Å². The smallest absolute Gasteiger partial charge is 0.0713 e. The van der Waals surface area contributed by atoms with Crippen LogP contribution in [0.25, 0.3) is 50.1 Å². The van der Waals surface area contributed by atoms with Crippen molar-refractivity contribution in [2.24, 2.45) is 0 Å². The Labute approximate surface area is 441 Å². The van der Waals surface area contributed by atoms with Gasteiger partial charge in [0.25, 0.3) is 0 Å². The summed E-state index contributed by atoms with van der Waals surface area (Å²) in [6, 6.07) is 105. The molecule has 11 aromatic carbocycles. The van der Waals surface area contributed by atoms with Crippen LogP contribution in [-0.2, 0) is 5.41 Å². The number of hydrogen-bond acceptors (Lipinski definition) is 2. The van der Waals surface area contributed by atoms with E-state index in [1.807, 2.05) is 0 Å². The van der Waals surface area contributed by atoms with Crippen LogP contribution in [0.15, 0.2) is 303 Å². The van der Waals surface area contributed by atoms with Gasteiger partial charge in [-0.05, 0) is 164 Å². The second kappa shape index (κ2) is 19.8. The standard InChI is InChI=1S/C73H54N2/c1-5-17-53(18-6-1)57-29-41-63(42-30-57)74(64-43-31-58(32-44-64)54-19-7-2-8-20-54)67-49-37-61(38-50-67)73(71-27-15-13-25-69(71)70-26-14-16-28-72(70)73)62-39-51-68(52-40-62)75(65-45-33-59(34-46-65)55-21-9-3-10-22-55)66-47-35-60(36-48-66)56-23-11-4-12-24-56/h1-11,13-23,25-52H,12,24H2. The van der Waals surface area contributed by atoms with Gasteiger partial charge in [0.2, 0.25) is 0 Å². The zero-order chi connectivity index (χ0) is 50.0. The highest BCUT2D eigenvalue weighted by Crippen LogP contribution is 2.57. The SMILES string of the molecule is C1=CCCC(c2ccc(N(c3ccc(-c4ccccc4)cc3)c3ccc(C4(c5ccc(N(c6ccc(-c7ccccc7)cc6)c6ccc(-c7ccccc7)cc6)cc5)c5ccccc5-c5ccccc54)cc3)cc2)=C1. The van der Waals surface area contributed by atoms with E-state index in [1.54, 1.807) is 0 Å². The third-order valence-electron chi connectivity index (χ3n) is 15.3. The number of benzene rings is 11. The molecule has 0 unspecified atom stereocenters. The van der Waals surface area contributed by atoms with Crippen LogP contribution < -0.4 is 9.80 Å². The molecule has 0 bridgehead atoms. The summed E-state index contributed by atoms with van der Waals surface area (Å²) in [4.78, 5) is 4.77. The summed E-state index contributed by atoms with van der Waals surface area (Å²) in [5, 5.41) is 0. The van der Waals surface area contributed by atoms with Crippen LogP contribution in [0.4, 0.5) is 34.1 Å². The molecule has 11 aromatic rings. The number of rotatable bonds is 12. The molecule has 0 fully saturated rings. The van der Waals surface area contributed by atoms with Gasteiger partial charge >= 0.3 is 0 Å². The quantitative estimate of drug-likeness (QED) is 0.120. The van der Waals surface area contributed by atoms with Gasteiger partial charge in [0.15, 0.2) is 0 Å². The van der Waals surface area contributed by atoms with Crippen LogP contribution in [0.1, 0.15) is 40.7 Å². The van der Waals surface area contributed by atoms with Crippen LogP contribution in [0.3, 0.4) is 0 Å². The molecule has 2 nitrogen and oxygen atoms in total. The summed E-state index contributed by atoms with van der Waals surface area (Å²) < 4.78 is 0. The van der Waals surface area contributed by atoms with E-state index in [9.17, 15) is 0 Å². The topological polar surface area (TPSA) is 6.48 Å². The van der Waals surface area contributed by atoms with Crippen molar-refractivity contribution in [1.82, 2.24) is 0 Å². The zero-order valence-corrected chi connectivity index (χ0v) is 41.7. The van der Waals surface area contributed by atoms with Crippen molar-refractivity contribution >= 4 is 39.7 Å². The first-order valence-corrected chi connectivity index (χ1v) is 26.1. The Kier molecular flexibility index (Phi) is 12.0. The van der Waals surface area contributed by atoms with Gasteiger partial charge in [-0.2, -0.15) is 0 Å². The first-order valence-electron chi connectivity index (χ1n) is 26.1. The van der Waals surface area contributed by atoms with Crippen LogP contribution in [0.2, 0.25) is 0 Å². The van der Waals surface area contributed by atoms with E-state index in [2.05, 4.69) is 313 Å². The lowest BCUT2D eigenvalue weighted by molar-refractivity contribution is 0.768. The average molecular weight is 959 g/mol. The fraction of sp³-hybridized carbons (Fsp3) is 0.0411. The monoisotopic (exact) mass is 958 g/mol. The molecule has 356 valence electrons. The molecular formula is C73H54N2. The Balaban J connectivity index is 0.921. The highest BCUT2D eigenvalue weighted by molar-refractivity contribution is 5.88. The van der Waals surface area contributed by atoms with E-state index < -0.39 is 5.41 Å². The van der Waals surface area contributed by atoms with Gasteiger partial charge in [0.05, 0.1) is 5.41 Å². The summed E-state index contributed by atoms with van der Waals surface area (Å²) in [7, 11) is 0. The molecule has 0 N–H and O–H groups in total. The molecular weight excluding hydrogens is 905 g/mol. The lowest BCUT2D eigenvalue weighted by Crippen LogP contribution is -2.28. The van der Waals surface area contributed by atoms with Gasteiger partial charge < -0.3 is 9.80 Å². The maximum Gasteiger partial charge on any atom is 0.0713 e. The number of fused-ring (bicyclic) bond motifs is 3. The molecule has 0 aromatic heterocycles. The minimum atomic E-state index is -0.588. The van der Waals surface area contributed by atoms with Crippen LogP contribution in [0.5, 0.6) is 0 Å². The summed E-state index contributed by atoms with van der Waals surface area (Å²) in [5.74, 6) is 0. The fourth-order valence-electron chi connectivity index (χ4n) is 11.6. The molecule has 2 heteroatoms. The number of allylic oxidation sites excluding steroid dienone is 4. The van der Waals surface area contributed by atoms with Crippen molar-refractivity contribution in [1.29, 1.82) is 0 Å². The van der Waals surface area contributed by atoms with Gasteiger partial charge in [0.1, 0.15) is 0 Å². The predicted molar refractivity (Wildman–Crippen MR) is 316 cm³/mol. The second-order valence-corrected chi connectivity index (χ2v) is 19.6. The minimum Gasteiger partial charge on any atom is -0.311 e. The number of nitrogens with zero attached hydrogens (tertiary/aromatic N) is 2. The predicted octanol–water partition coefficient (Wildman–Crippen LogP) is 19.7. The van der Waals surface area contributed by atoms with Crippen molar-refractivity contribution in [3.8, 4) is 44.5 Å². The first-order chi connectivity index (χ1) is 37.2. The van der Waals surface area contributed by atoms with E-state index in [0.717, 1.165) is 47.0 Å². The van der Waals surface area contributed by atoms with Crippen molar-refractivity contribution in [3.63, 3.8) is 0 Å². The molecule has 75 heavy (non-hydrogen) atoms. The van der Waals surface area contributed by atoms with E-state index >= 15 is 0 Å². The Morgan fingerprint density at radius 3 is 0.893 bits per heavy atom. The largest absolute Gasteiger partial charge is 0.311 e. The van der Waals surface area contributed by atoms with Crippen LogP contribution in [0, 0.1) is 0 Å². The van der Waals surface area contributed by atoms with E-state index in [4.69, 9.17) is 0 Å². The minimum absolute atomic E-state index is 0.588. The van der Waals surface area contributed by atoms with Crippen molar-refractivity contribution in [3.05, 3.63) is 331 Å². The Hall–Kier alpha value is -9.50. The van der Waals surface area contributed by atoms with Crippen molar-refractivity contribution in [2.75, 3.05) is 9.80 Å². The molecule has 0 radical (unpaired) electrons. The summed E-state index contributed by atoms with van der Waals surface area (Å²) >= 11 is 0. The molecule has 2 aliphatic carbocycles. The molecule has 2 aliphatic rings. The first kappa shape index (κ1) is 45.4. The Bertz CT molecular complexity index is 3670. The molecule has 0 saturated heterocycles. The number of anilines is 6. The second-order valence-electron chi connectivity index (χ2n) is 19.6. The summed E-state index contributed by atoms with van der Waals surface area (Å²) in [6.07, 6.45) is 8.82. The van der Waals surface area contributed by atoms with Crippen LogP contribution >= 0.6 is 0 Å². The molecule has 13 rings (SSSR count). The molecule has 0 atom stereocenters. The molecule has 0 aliphatic heterocycles. The fourth-order valence-corrected chi connectivity index (χ4v) is 11.6. The summed E-state index contributed by atoms with van der Waals surface area (Å²) in [5.41, 5.74) is 23.4. The molecule has 0 spiro atoms.